The van der Waals surface area contributed by atoms with Gasteiger partial charge in [-0.3, -0.25) is 19.2 Å². The van der Waals surface area contributed by atoms with Crippen LogP contribution in [-0.2, 0) is 19.2 Å². The number of amides is 4. The number of carbonyl (C=O) groups is 4. The molecule has 1 rings (SSSR count). The van der Waals surface area contributed by atoms with Gasteiger partial charge in [-0.25, -0.2) is 0 Å². The van der Waals surface area contributed by atoms with Crippen LogP contribution in [-0.4, -0.2) is 29.7 Å². The number of carbonyl (C=O) groups excluding carboxylic acids is 4. The van der Waals surface area contributed by atoms with Gasteiger partial charge in [-0.2, -0.15) is 0 Å². The quantitative estimate of drug-likeness (QED) is 0.250. The predicted molar refractivity (Wildman–Crippen MR) is 125 cm³/mol. The molecule has 0 heterocycles. The summed E-state index contributed by atoms with van der Waals surface area (Å²) in [5.41, 5.74) is 15.8. The Kier molecular flexibility index (Phi) is 13.6. The average molecular weight is 453 g/mol. The van der Waals surface area contributed by atoms with E-state index in [0.29, 0.717) is 0 Å². The Morgan fingerprint density at radius 2 is 1.25 bits per heavy atom. The first-order valence-corrected chi connectivity index (χ1v) is 12.4. The lowest BCUT2D eigenvalue weighted by Crippen LogP contribution is -2.44. The number of unbranched alkanes of at least 4 members (excludes halogenated alkanes) is 7. The Labute approximate surface area is 192 Å². The highest BCUT2D eigenvalue weighted by molar-refractivity contribution is 5.92. The van der Waals surface area contributed by atoms with Gasteiger partial charge in [-0.15, -0.1) is 0 Å². The Hall–Kier alpha value is -2.12. The SMILES string of the molecule is CCCCCCCCCCC1CCC(NC(=O)CC(C(N)=O)C(CC(N)=O)C(N)=O)CC1. The van der Waals surface area contributed by atoms with Crippen LogP contribution in [0.4, 0.5) is 0 Å². The van der Waals surface area contributed by atoms with Crippen LogP contribution in [0.1, 0.15) is 103 Å². The molecule has 0 bridgehead atoms. The molecule has 0 aromatic heterocycles. The zero-order valence-corrected chi connectivity index (χ0v) is 19.8. The van der Waals surface area contributed by atoms with E-state index in [2.05, 4.69) is 12.2 Å². The molecule has 32 heavy (non-hydrogen) atoms. The molecule has 0 aromatic rings. The molecule has 0 aliphatic heterocycles. The third-order valence-corrected chi connectivity index (χ3v) is 6.72. The molecule has 0 saturated heterocycles. The van der Waals surface area contributed by atoms with Gasteiger partial charge in [0.05, 0.1) is 11.8 Å². The second-order valence-electron chi connectivity index (χ2n) is 9.44. The Bertz CT molecular complexity index is 603. The zero-order chi connectivity index (χ0) is 23.9. The normalized spacial score (nSPS) is 20.3. The van der Waals surface area contributed by atoms with Crippen molar-refractivity contribution >= 4 is 23.6 Å². The van der Waals surface area contributed by atoms with E-state index >= 15 is 0 Å². The molecule has 4 amide bonds. The maximum Gasteiger partial charge on any atom is 0.221 e. The molecule has 0 aromatic carbocycles. The number of hydrogen-bond donors (Lipinski definition) is 4. The highest BCUT2D eigenvalue weighted by Crippen LogP contribution is 2.29. The van der Waals surface area contributed by atoms with Crippen molar-refractivity contribution < 1.29 is 19.2 Å². The fourth-order valence-corrected chi connectivity index (χ4v) is 4.75. The minimum atomic E-state index is -1.17. The first kappa shape index (κ1) is 27.9. The summed E-state index contributed by atoms with van der Waals surface area (Å²) >= 11 is 0. The second kappa shape index (κ2) is 15.6. The van der Waals surface area contributed by atoms with Crippen LogP contribution in [0.3, 0.4) is 0 Å². The van der Waals surface area contributed by atoms with Crippen LogP contribution < -0.4 is 22.5 Å². The zero-order valence-electron chi connectivity index (χ0n) is 19.8. The molecular formula is C24H44N4O4. The maximum atomic E-state index is 12.5. The molecule has 184 valence electrons. The van der Waals surface area contributed by atoms with Crippen molar-refractivity contribution in [2.24, 2.45) is 35.0 Å². The fraction of sp³-hybridized carbons (Fsp3) is 0.833. The Balaban J connectivity index is 2.31. The molecule has 8 nitrogen and oxygen atoms in total. The van der Waals surface area contributed by atoms with Crippen molar-refractivity contribution in [2.75, 3.05) is 0 Å². The fourth-order valence-electron chi connectivity index (χ4n) is 4.75. The number of primary amides is 3. The Morgan fingerprint density at radius 1 is 0.750 bits per heavy atom. The predicted octanol–water partition coefficient (Wildman–Crippen LogP) is 2.66. The molecule has 1 fully saturated rings. The summed E-state index contributed by atoms with van der Waals surface area (Å²) in [6.07, 6.45) is 15.2. The van der Waals surface area contributed by atoms with Gasteiger partial charge in [0.2, 0.25) is 23.6 Å². The molecule has 0 radical (unpaired) electrons. The summed E-state index contributed by atoms with van der Waals surface area (Å²) in [6.45, 7) is 2.24. The van der Waals surface area contributed by atoms with Crippen molar-refractivity contribution in [1.29, 1.82) is 0 Å². The van der Waals surface area contributed by atoms with Gasteiger partial charge >= 0.3 is 0 Å². The van der Waals surface area contributed by atoms with Crippen molar-refractivity contribution in [3.05, 3.63) is 0 Å². The number of hydrogen-bond acceptors (Lipinski definition) is 4. The van der Waals surface area contributed by atoms with Gasteiger partial charge in [-0.1, -0.05) is 64.7 Å². The van der Waals surface area contributed by atoms with E-state index in [4.69, 9.17) is 17.2 Å². The minimum Gasteiger partial charge on any atom is -0.370 e. The number of rotatable bonds is 17. The first-order valence-electron chi connectivity index (χ1n) is 12.4. The molecule has 8 heteroatoms. The van der Waals surface area contributed by atoms with Crippen molar-refractivity contribution in [3.63, 3.8) is 0 Å². The van der Waals surface area contributed by atoms with Gasteiger partial charge in [0.15, 0.2) is 0 Å². The van der Waals surface area contributed by atoms with Crippen molar-refractivity contribution in [3.8, 4) is 0 Å². The topological polar surface area (TPSA) is 158 Å². The second-order valence-corrected chi connectivity index (χ2v) is 9.44. The smallest absolute Gasteiger partial charge is 0.221 e. The first-order chi connectivity index (χ1) is 15.2. The molecule has 2 atom stereocenters. The number of nitrogens with one attached hydrogen (secondary N) is 1. The van der Waals surface area contributed by atoms with E-state index in [0.717, 1.165) is 31.6 Å². The van der Waals surface area contributed by atoms with E-state index in [1.165, 1.54) is 57.8 Å². The summed E-state index contributed by atoms with van der Waals surface area (Å²) in [7, 11) is 0. The summed E-state index contributed by atoms with van der Waals surface area (Å²) in [5, 5.41) is 2.96. The lowest BCUT2D eigenvalue weighted by molar-refractivity contribution is -0.137. The lowest BCUT2D eigenvalue weighted by atomic mass is 9.82. The summed E-state index contributed by atoms with van der Waals surface area (Å²) < 4.78 is 0. The molecule has 1 aliphatic rings. The van der Waals surface area contributed by atoms with Gasteiger partial charge in [0, 0.05) is 18.9 Å². The number of nitrogens with two attached hydrogens (primary N) is 3. The summed E-state index contributed by atoms with van der Waals surface area (Å²) in [5.74, 6) is -4.40. The van der Waals surface area contributed by atoms with Gasteiger partial charge in [-0.05, 0) is 31.6 Å². The molecule has 1 aliphatic carbocycles. The van der Waals surface area contributed by atoms with Crippen LogP contribution in [0.5, 0.6) is 0 Å². The van der Waals surface area contributed by atoms with Crippen molar-refractivity contribution in [2.45, 2.75) is 109 Å². The highest BCUT2D eigenvalue weighted by Gasteiger charge is 2.34. The van der Waals surface area contributed by atoms with Crippen LogP contribution >= 0.6 is 0 Å². The molecule has 1 saturated carbocycles. The minimum absolute atomic E-state index is 0.0639. The summed E-state index contributed by atoms with van der Waals surface area (Å²) in [4.78, 5) is 47.1. The van der Waals surface area contributed by atoms with Gasteiger partial charge < -0.3 is 22.5 Å². The largest absolute Gasteiger partial charge is 0.370 e. The monoisotopic (exact) mass is 452 g/mol. The summed E-state index contributed by atoms with van der Waals surface area (Å²) in [6, 6.07) is 0.0639. The lowest BCUT2D eigenvalue weighted by Gasteiger charge is -2.30. The van der Waals surface area contributed by atoms with Gasteiger partial charge in [0.1, 0.15) is 0 Å². The average Bonchev–Trinajstić information content (AvgIpc) is 2.73. The molecule has 2 unspecified atom stereocenters. The third kappa shape index (κ3) is 11.5. The highest BCUT2D eigenvalue weighted by atomic mass is 16.2. The van der Waals surface area contributed by atoms with E-state index < -0.39 is 36.0 Å². The maximum absolute atomic E-state index is 12.5. The Morgan fingerprint density at radius 3 is 1.75 bits per heavy atom. The van der Waals surface area contributed by atoms with Crippen LogP contribution in [0.15, 0.2) is 0 Å². The molecule has 7 N–H and O–H groups in total. The van der Waals surface area contributed by atoms with Gasteiger partial charge in [0.25, 0.3) is 0 Å². The van der Waals surface area contributed by atoms with Crippen LogP contribution in [0.2, 0.25) is 0 Å². The molecular weight excluding hydrogens is 408 g/mol. The van der Waals surface area contributed by atoms with Crippen LogP contribution in [0, 0.1) is 17.8 Å². The van der Waals surface area contributed by atoms with Crippen molar-refractivity contribution in [1.82, 2.24) is 5.32 Å². The van der Waals surface area contributed by atoms with E-state index in [1.807, 2.05) is 0 Å². The molecule has 0 spiro atoms. The van der Waals surface area contributed by atoms with E-state index in [9.17, 15) is 19.2 Å². The van der Waals surface area contributed by atoms with Crippen LogP contribution in [0.25, 0.3) is 0 Å². The third-order valence-electron chi connectivity index (χ3n) is 6.72. The van der Waals surface area contributed by atoms with E-state index in [1.54, 1.807) is 0 Å². The standard InChI is InChI=1S/C24H44N4O4/c1-2-3-4-5-6-7-8-9-10-17-11-13-18(14-12-17)28-22(30)16-20(24(27)32)19(23(26)31)15-21(25)29/h17-20H,2-16H2,1H3,(H2,25,29)(H2,26,31)(H2,27,32)(H,28,30). The van der Waals surface area contributed by atoms with E-state index in [-0.39, 0.29) is 18.4 Å².